The number of hydrogen-bond donors (Lipinski definition) is 3. The van der Waals surface area contributed by atoms with Crippen LogP contribution in [-0.2, 0) is 9.47 Å². The van der Waals surface area contributed by atoms with Gasteiger partial charge in [0.25, 0.3) is 0 Å². The summed E-state index contributed by atoms with van der Waals surface area (Å²) in [6.07, 6.45) is 3.28. The minimum Gasteiger partial charge on any atom is -0.353 e. The Morgan fingerprint density at radius 2 is 2.33 bits per heavy atom. The van der Waals surface area contributed by atoms with Gasteiger partial charge in [-0.15, -0.1) is 0 Å². The van der Waals surface area contributed by atoms with Crippen molar-refractivity contribution in [3.8, 4) is 0 Å². The van der Waals surface area contributed by atoms with E-state index in [1.165, 1.54) is 6.42 Å². The predicted octanol–water partition coefficient (Wildman–Crippen LogP) is -0.595. The lowest BCUT2D eigenvalue weighted by atomic mass is 10.2. The van der Waals surface area contributed by atoms with E-state index in [0.29, 0.717) is 13.2 Å². The second kappa shape index (κ2) is 8.01. The van der Waals surface area contributed by atoms with Crippen LogP contribution in [0.3, 0.4) is 0 Å². The highest BCUT2D eigenvalue weighted by molar-refractivity contribution is 4.65. The third kappa shape index (κ3) is 6.06. The van der Waals surface area contributed by atoms with Gasteiger partial charge >= 0.3 is 0 Å². The van der Waals surface area contributed by atoms with Gasteiger partial charge in [-0.25, -0.2) is 0 Å². The molecule has 0 spiro atoms. The van der Waals surface area contributed by atoms with E-state index in [-0.39, 0.29) is 12.3 Å². The molecule has 1 rings (SSSR count). The zero-order chi connectivity index (χ0) is 10.9. The van der Waals surface area contributed by atoms with E-state index in [1.54, 1.807) is 0 Å². The van der Waals surface area contributed by atoms with Crippen LogP contribution >= 0.6 is 0 Å². The van der Waals surface area contributed by atoms with Crippen LogP contribution < -0.4 is 16.8 Å². The maximum Gasteiger partial charge on any atom is 0.157 e. The second-order valence-electron chi connectivity index (χ2n) is 3.88. The number of nitrogens with one attached hydrogen (secondary N) is 1. The van der Waals surface area contributed by atoms with Gasteiger partial charge < -0.3 is 26.3 Å². The summed E-state index contributed by atoms with van der Waals surface area (Å²) in [5.74, 6) is 0. The minimum absolute atomic E-state index is 0.0158. The molecule has 5 nitrogen and oxygen atoms in total. The van der Waals surface area contributed by atoms with Crippen LogP contribution in [-0.4, -0.2) is 45.2 Å². The van der Waals surface area contributed by atoms with Gasteiger partial charge in [0, 0.05) is 32.3 Å². The third-order valence-electron chi connectivity index (χ3n) is 2.36. The van der Waals surface area contributed by atoms with Crippen molar-refractivity contribution < 1.29 is 9.47 Å². The van der Waals surface area contributed by atoms with Crippen molar-refractivity contribution in [3.05, 3.63) is 0 Å². The van der Waals surface area contributed by atoms with E-state index >= 15 is 0 Å². The summed E-state index contributed by atoms with van der Waals surface area (Å²) in [4.78, 5) is 0. The first-order valence-corrected chi connectivity index (χ1v) is 5.72. The monoisotopic (exact) mass is 217 g/mol. The van der Waals surface area contributed by atoms with Crippen LogP contribution in [0.1, 0.15) is 19.3 Å². The van der Waals surface area contributed by atoms with Crippen molar-refractivity contribution in [2.45, 2.75) is 31.6 Å². The Kier molecular flexibility index (Phi) is 6.87. The number of rotatable bonds is 7. The molecule has 1 saturated heterocycles. The quantitative estimate of drug-likeness (QED) is 0.496. The fraction of sp³-hybridized carbons (Fsp3) is 1.00. The Hall–Kier alpha value is -0.200. The van der Waals surface area contributed by atoms with E-state index in [4.69, 9.17) is 20.9 Å². The topological polar surface area (TPSA) is 82.5 Å². The Morgan fingerprint density at radius 3 is 3.00 bits per heavy atom. The number of nitrogens with two attached hydrogens (primary N) is 2. The van der Waals surface area contributed by atoms with Gasteiger partial charge in [0.15, 0.2) is 6.29 Å². The Morgan fingerprint density at radius 1 is 1.47 bits per heavy atom. The van der Waals surface area contributed by atoms with E-state index in [0.717, 1.165) is 32.5 Å². The van der Waals surface area contributed by atoms with Crippen LogP contribution in [0.4, 0.5) is 0 Å². The fourth-order valence-corrected chi connectivity index (χ4v) is 1.52. The van der Waals surface area contributed by atoms with Crippen LogP contribution in [0.5, 0.6) is 0 Å². The third-order valence-corrected chi connectivity index (χ3v) is 2.36. The molecule has 1 unspecified atom stereocenters. The predicted molar refractivity (Wildman–Crippen MR) is 59.4 cm³/mol. The SMILES string of the molecule is NCCNC[C@@H](N)COC1CCCCO1. The molecule has 1 aliphatic heterocycles. The van der Waals surface area contributed by atoms with Gasteiger partial charge in [-0.3, -0.25) is 0 Å². The van der Waals surface area contributed by atoms with Crippen molar-refractivity contribution in [2.75, 3.05) is 32.8 Å². The molecule has 15 heavy (non-hydrogen) atoms. The summed E-state index contributed by atoms with van der Waals surface area (Å²) in [5, 5.41) is 3.15. The average Bonchev–Trinajstić information content (AvgIpc) is 2.28. The largest absolute Gasteiger partial charge is 0.353 e. The first-order valence-electron chi connectivity index (χ1n) is 5.72. The average molecular weight is 217 g/mol. The molecule has 0 saturated carbocycles. The highest BCUT2D eigenvalue weighted by atomic mass is 16.7. The molecule has 1 aliphatic rings. The van der Waals surface area contributed by atoms with Crippen molar-refractivity contribution in [1.82, 2.24) is 5.32 Å². The van der Waals surface area contributed by atoms with E-state index in [9.17, 15) is 0 Å². The summed E-state index contributed by atoms with van der Waals surface area (Å²) < 4.78 is 11.0. The summed E-state index contributed by atoms with van der Waals surface area (Å²) >= 11 is 0. The molecule has 0 amide bonds. The molecule has 0 aromatic rings. The smallest absolute Gasteiger partial charge is 0.157 e. The molecule has 5 heteroatoms. The maximum atomic E-state index is 5.85. The molecule has 0 aromatic carbocycles. The molecule has 0 radical (unpaired) electrons. The zero-order valence-electron chi connectivity index (χ0n) is 9.28. The molecule has 0 aliphatic carbocycles. The van der Waals surface area contributed by atoms with E-state index < -0.39 is 0 Å². The molecular formula is C10H23N3O2. The Balaban J connectivity index is 1.97. The lowest BCUT2D eigenvalue weighted by molar-refractivity contribution is -0.164. The summed E-state index contributed by atoms with van der Waals surface area (Å²) in [7, 11) is 0. The molecule has 90 valence electrons. The van der Waals surface area contributed by atoms with Gasteiger partial charge in [-0.1, -0.05) is 0 Å². The van der Waals surface area contributed by atoms with Crippen molar-refractivity contribution in [3.63, 3.8) is 0 Å². The van der Waals surface area contributed by atoms with Crippen molar-refractivity contribution >= 4 is 0 Å². The van der Waals surface area contributed by atoms with Gasteiger partial charge in [0.05, 0.1) is 6.61 Å². The van der Waals surface area contributed by atoms with Crippen LogP contribution in [0.25, 0.3) is 0 Å². The number of ether oxygens (including phenoxy) is 2. The molecule has 0 bridgehead atoms. The van der Waals surface area contributed by atoms with Gasteiger partial charge in [0.1, 0.15) is 0 Å². The summed E-state index contributed by atoms with van der Waals surface area (Å²) in [6, 6.07) is 0.0158. The Bertz CT molecular complexity index is 152. The zero-order valence-corrected chi connectivity index (χ0v) is 9.28. The Labute approximate surface area is 91.5 Å². The second-order valence-corrected chi connectivity index (χ2v) is 3.88. The standard InChI is InChI=1S/C10H23N3O2/c11-4-5-13-7-9(12)8-15-10-3-1-2-6-14-10/h9-10,13H,1-8,11-12H2/t9-,10?/m1/s1. The highest BCUT2D eigenvalue weighted by Crippen LogP contribution is 2.13. The maximum absolute atomic E-state index is 5.85. The number of hydrogen-bond acceptors (Lipinski definition) is 5. The summed E-state index contributed by atoms with van der Waals surface area (Å²) in [5.41, 5.74) is 11.2. The van der Waals surface area contributed by atoms with Crippen LogP contribution in [0.15, 0.2) is 0 Å². The molecular weight excluding hydrogens is 194 g/mol. The molecule has 2 atom stereocenters. The first kappa shape index (κ1) is 12.9. The minimum atomic E-state index is -0.0423. The van der Waals surface area contributed by atoms with Crippen LogP contribution in [0.2, 0.25) is 0 Å². The highest BCUT2D eigenvalue weighted by Gasteiger charge is 2.15. The van der Waals surface area contributed by atoms with E-state index in [2.05, 4.69) is 5.32 Å². The normalized spacial score (nSPS) is 24.0. The van der Waals surface area contributed by atoms with Gasteiger partial charge in [-0.2, -0.15) is 0 Å². The van der Waals surface area contributed by atoms with Crippen molar-refractivity contribution in [2.24, 2.45) is 11.5 Å². The van der Waals surface area contributed by atoms with Gasteiger partial charge in [0.2, 0.25) is 0 Å². The van der Waals surface area contributed by atoms with Crippen LogP contribution in [0, 0.1) is 0 Å². The lowest BCUT2D eigenvalue weighted by Crippen LogP contribution is -2.40. The summed E-state index contributed by atoms with van der Waals surface area (Å²) in [6.45, 7) is 3.53. The first-order chi connectivity index (χ1) is 7.33. The fourth-order valence-electron chi connectivity index (χ4n) is 1.52. The molecule has 1 heterocycles. The molecule has 1 fully saturated rings. The lowest BCUT2D eigenvalue weighted by Gasteiger charge is -2.24. The van der Waals surface area contributed by atoms with E-state index in [1.807, 2.05) is 0 Å². The molecule has 0 aromatic heterocycles. The molecule has 5 N–H and O–H groups in total. The van der Waals surface area contributed by atoms with Gasteiger partial charge in [-0.05, 0) is 19.3 Å². The van der Waals surface area contributed by atoms with Crippen molar-refractivity contribution in [1.29, 1.82) is 0 Å².